The average molecular weight is 356 g/mol. The summed E-state index contributed by atoms with van der Waals surface area (Å²) in [5, 5.41) is 8.13. The van der Waals surface area contributed by atoms with Crippen LogP contribution in [0.25, 0.3) is 0 Å². The smallest absolute Gasteiger partial charge is 0.224 e. The standard InChI is InChI=1S/C19H28N6O/c1-12-18(13(2)25(6)22-12)19-15(10-17(26)24(19)5)21-11-14-7-8-20-16(9-14)23(3)4/h7-9,15,19,21H,10-11H2,1-6H3/t15-,19-/m1/s1. The number of nitrogens with zero attached hydrogens (tertiary/aromatic N) is 5. The molecule has 1 aliphatic heterocycles. The van der Waals surface area contributed by atoms with Gasteiger partial charge in [0, 0.05) is 64.7 Å². The van der Waals surface area contributed by atoms with E-state index in [1.54, 1.807) is 0 Å². The zero-order valence-corrected chi connectivity index (χ0v) is 16.4. The lowest BCUT2D eigenvalue weighted by atomic mass is 9.98. The molecule has 2 aromatic rings. The molecule has 0 radical (unpaired) electrons. The Bertz CT molecular complexity index is 812. The molecule has 0 unspecified atom stereocenters. The number of anilines is 1. The van der Waals surface area contributed by atoms with E-state index in [-0.39, 0.29) is 18.0 Å². The van der Waals surface area contributed by atoms with Gasteiger partial charge in [0.2, 0.25) is 5.91 Å². The number of pyridine rings is 1. The number of likely N-dealkylation sites (tertiary alicyclic amines) is 1. The van der Waals surface area contributed by atoms with E-state index < -0.39 is 0 Å². The van der Waals surface area contributed by atoms with E-state index in [1.165, 1.54) is 0 Å². The van der Waals surface area contributed by atoms with E-state index in [2.05, 4.69) is 28.4 Å². The highest BCUT2D eigenvalue weighted by atomic mass is 16.2. The summed E-state index contributed by atoms with van der Waals surface area (Å²) in [7, 11) is 7.80. The van der Waals surface area contributed by atoms with Gasteiger partial charge < -0.3 is 15.1 Å². The Morgan fingerprint density at radius 3 is 2.65 bits per heavy atom. The average Bonchev–Trinajstić information content (AvgIpc) is 3.01. The summed E-state index contributed by atoms with van der Waals surface area (Å²) < 4.78 is 1.89. The Morgan fingerprint density at radius 1 is 1.31 bits per heavy atom. The number of rotatable bonds is 5. The summed E-state index contributed by atoms with van der Waals surface area (Å²) in [6, 6.07) is 4.15. The van der Waals surface area contributed by atoms with Crippen molar-refractivity contribution < 1.29 is 4.79 Å². The first-order valence-electron chi connectivity index (χ1n) is 8.91. The summed E-state index contributed by atoms with van der Waals surface area (Å²) >= 11 is 0. The van der Waals surface area contributed by atoms with Gasteiger partial charge in [-0.1, -0.05) is 0 Å². The van der Waals surface area contributed by atoms with E-state index in [4.69, 9.17) is 0 Å². The third-order valence-corrected chi connectivity index (χ3v) is 5.28. The van der Waals surface area contributed by atoms with Crippen molar-refractivity contribution in [3.05, 3.63) is 40.8 Å². The minimum Gasteiger partial charge on any atom is -0.363 e. The molecule has 3 heterocycles. The second kappa shape index (κ2) is 7.07. The summed E-state index contributed by atoms with van der Waals surface area (Å²) in [5.74, 6) is 1.10. The number of nitrogens with one attached hydrogen (secondary N) is 1. The molecule has 7 nitrogen and oxygen atoms in total. The summed E-state index contributed by atoms with van der Waals surface area (Å²) in [6.45, 7) is 4.78. The van der Waals surface area contributed by atoms with Gasteiger partial charge in [0.25, 0.3) is 0 Å². The Hall–Kier alpha value is -2.41. The molecule has 1 saturated heterocycles. The first-order chi connectivity index (χ1) is 12.3. The van der Waals surface area contributed by atoms with Crippen LogP contribution in [-0.2, 0) is 18.4 Å². The number of aryl methyl sites for hydroxylation is 2. The van der Waals surface area contributed by atoms with Gasteiger partial charge in [-0.05, 0) is 31.5 Å². The SMILES string of the molecule is Cc1nn(C)c(C)c1[C@H]1[C@H](NCc2ccnc(N(C)C)c2)CC(=O)N1C. The number of aromatic nitrogens is 3. The molecule has 0 bridgehead atoms. The molecule has 0 aliphatic carbocycles. The van der Waals surface area contributed by atoms with Crippen LogP contribution in [0, 0.1) is 13.8 Å². The van der Waals surface area contributed by atoms with Crippen molar-refractivity contribution in [2.45, 2.75) is 38.9 Å². The second-order valence-electron chi connectivity index (χ2n) is 7.27. The molecule has 3 rings (SSSR count). The third kappa shape index (κ3) is 3.31. The molecule has 1 aliphatic rings. The van der Waals surface area contributed by atoms with E-state index in [1.807, 2.05) is 61.9 Å². The van der Waals surface area contributed by atoms with Crippen LogP contribution >= 0.6 is 0 Å². The molecule has 0 aromatic carbocycles. The molecule has 1 fully saturated rings. The topological polar surface area (TPSA) is 66.3 Å². The number of hydrogen-bond acceptors (Lipinski definition) is 5. The maximum absolute atomic E-state index is 12.4. The molecular formula is C19H28N6O. The van der Waals surface area contributed by atoms with E-state index in [9.17, 15) is 4.79 Å². The lowest BCUT2D eigenvalue weighted by Crippen LogP contribution is -2.35. The third-order valence-electron chi connectivity index (χ3n) is 5.28. The van der Waals surface area contributed by atoms with Gasteiger partial charge in [-0.2, -0.15) is 5.10 Å². The molecule has 2 atom stereocenters. The van der Waals surface area contributed by atoms with Crippen LogP contribution in [0.15, 0.2) is 18.3 Å². The number of likely N-dealkylation sites (N-methyl/N-ethyl adjacent to an activating group) is 1. The van der Waals surface area contributed by atoms with Gasteiger partial charge >= 0.3 is 0 Å². The number of hydrogen-bond donors (Lipinski definition) is 1. The highest BCUT2D eigenvalue weighted by Crippen LogP contribution is 2.35. The normalized spacial score (nSPS) is 20.1. The van der Waals surface area contributed by atoms with Crippen LogP contribution in [0.4, 0.5) is 5.82 Å². The van der Waals surface area contributed by atoms with Crippen molar-refractivity contribution in [3.8, 4) is 0 Å². The molecule has 0 saturated carbocycles. The van der Waals surface area contributed by atoms with Crippen molar-refractivity contribution in [2.75, 3.05) is 26.0 Å². The van der Waals surface area contributed by atoms with E-state index >= 15 is 0 Å². The molecule has 0 spiro atoms. The number of amides is 1. The minimum absolute atomic E-state index is 0.00589. The van der Waals surface area contributed by atoms with Gasteiger partial charge in [0.1, 0.15) is 5.82 Å². The number of carbonyl (C=O) groups excluding carboxylic acids is 1. The Labute approximate surface area is 155 Å². The maximum Gasteiger partial charge on any atom is 0.224 e. The minimum atomic E-state index is 0.00589. The van der Waals surface area contributed by atoms with Gasteiger partial charge in [0.05, 0.1) is 11.7 Å². The lowest BCUT2D eigenvalue weighted by molar-refractivity contribution is -0.127. The molecule has 2 aromatic heterocycles. The van der Waals surface area contributed by atoms with Gasteiger partial charge in [0.15, 0.2) is 0 Å². The second-order valence-corrected chi connectivity index (χ2v) is 7.27. The van der Waals surface area contributed by atoms with Crippen LogP contribution in [0.3, 0.4) is 0 Å². The highest BCUT2D eigenvalue weighted by molar-refractivity contribution is 5.80. The van der Waals surface area contributed by atoms with Crippen LogP contribution in [-0.4, -0.2) is 52.8 Å². The van der Waals surface area contributed by atoms with Gasteiger partial charge in [-0.25, -0.2) is 4.98 Å². The van der Waals surface area contributed by atoms with Crippen LogP contribution < -0.4 is 10.2 Å². The van der Waals surface area contributed by atoms with Crippen LogP contribution in [0.2, 0.25) is 0 Å². The summed E-state index contributed by atoms with van der Waals surface area (Å²) in [6.07, 6.45) is 2.33. The van der Waals surface area contributed by atoms with Crippen molar-refractivity contribution in [1.29, 1.82) is 0 Å². The number of carbonyl (C=O) groups is 1. The van der Waals surface area contributed by atoms with E-state index in [0.29, 0.717) is 13.0 Å². The molecular weight excluding hydrogens is 328 g/mol. The molecule has 26 heavy (non-hydrogen) atoms. The van der Waals surface area contributed by atoms with Gasteiger partial charge in [-0.3, -0.25) is 9.48 Å². The van der Waals surface area contributed by atoms with Crippen molar-refractivity contribution >= 4 is 11.7 Å². The Kier molecular flexibility index (Phi) is 5.00. The molecule has 140 valence electrons. The maximum atomic E-state index is 12.4. The highest BCUT2D eigenvalue weighted by Gasteiger charge is 2.40. The molecule has 7 heteroatoms. The van der Waals surface area contributed by atoms with E-state index in [0.717, 1.165) is 28.3 Å². The van der Waals surface area contributed by atoms with Crippen LogP contribution in [0.5, 0.6) is 0 Å². The Morgan fingerprint density at radius 2 is 2.04 bits per heavy atom. The van der Waals surface area contributed by atoms with Crippen LogP contribution in [0.1, 0.15) is 35.0 Å². The molecule has 1 amide bonds. The summed E-state index contributed by atoms with van der Waals surface area (Å²) in [4.78, 5) is 20.6. The predicted octanol–water partition coefficient (Wildman–Crippen LogP) is 1.56. The zero-order valence-electron chi connectivity index (χ0n) is 16.4. The fourth-order valence-electron chi connectivity index (χ4n) is 3.73. The van der Waals surface area contributed by atoms with Crippen molar-refractivity contribution in [2.24, 2.45) is 7.05 Å². The quantitative estimate of drug-likeness (QED) is 0.881. The fourth-order valence-corrected chi connectivity index (χ4v) is 3.73. The van der Waals surface area contributed by atoms with Crippen molar-refractivity contribution in [1.82, 2.24) is 25.0 Å². The fraction of sp³-hybridized carbons (Fsp3) is 0.526. The van der Waals surface area contributed by atoms with Crippen molar-refractivity contribution in [3.63, 3.8) is 0 Å². The first-order valence-corrected chi connectivity index (χ1v) is 8.91. The largest absolute Gasteiger partial charge is 0.363 e. The lowest BCUT2D eigenvalue weighted by Gasteiger charge is -2.26. The predicted molar refractivity (Wildman–Crippen MR) is 102 cm³/mol. The molecule has 1 N–H and O–H groups in total. The first kappa shape index (κ1) is 18.4. The summed E-state index contributed by atoms with van der Waals surface area (Å²) in [5.41, 5.74) is 4.41. The zero-order chi connectivity index (χ0) is 19.0. The Balaban J connectivity index is 1.82. The van der Waals surface area contributed by atoms with Gasteiger partial charge in [-0.15, -0.1) is 0 Å². The monoisotopic (exact) mass is 356 g/mol.